The molecule has 18 heavy (non-hydrogen) atoms. The van der Waals surface area contributed by atoms with Gasteiger partial charge < -0.3 is 4.40 Å². The summed E-state index contributed by atoms with van der Waals surface area (Å²) in [7, 11) is 1.92. The summed E-state index contributed by atoms with van der Waals surface area (Å²) in [5, 5.41) is 4.36. The highest BCUT2D eigenvalue weighted by Gasteiger charge is 2.11. The summed E-state index contributed by atoms with van der Waals surface area (Å²) in [6.07, 6.45) is 4.06. The molecule has 0 radical (unpaired) electrons. The van der Waals surface area contributed by atoms with Crippen molar-refractivity contribution in [1.82, 2.24) is 19.2 Å². The molecule has 0 aromatic carbocycles. The molecule has 0 saturated carbocycles. The molecule has 4 nitrogen and oxygen atoms in total. The van der Waals surface area contributed by atoms with E-state index in [0.717, 1.165) is 32.8 Å². The number of hydrogen-bond acceptors (Lipinski definition) is 2. The van der Waals surface area contributed by atoms with Gasteiger partial charge in [0.15, 0.2) is 0 Å². The van der Waals surface area contributed by atoms with Crippen molar-refractivity contribution < 1.29 is 0 Å². The van der Waals surface area contributed by atoms with Crippen LogP contribution in [0, 0.1) is 13.8 Å². The van der Waals surface area contributed by atoms with Gasteiger partial charge in [-0.25, -0.2) is 4.98 Å². The van der Waals surface area contributed by atoms with Gasteiger partial charge in [0.05, 0.1) is 11.4 Å². The van der Waals surface area contributed by atoms with Gasteiger partial charge in [-0.05, 0) is 41.9 Å². The van der Waals surface area contributed by atoms with Crippen LogP contribution < -0.4 is 0 Å². The van der Waals surface area contributed by atoms with Gasteiger partial charge in [0.2, 0.25) is 0 Å². The summed E-state index contributed by atoms with van der Waals surface area (Å²) in [5.74, 6) is 0. The zero-order valence-corrected chi connectivity index (χ0v) is 12.1. The first-order valence-corrected chi connectivity index (χ1v) is 6.50. The minimum atomic E-state index is 0.953. The summed E-state index contributed by atoms with van der Waals surface area (Å²) in [4.78, 5) is 4.65. The van der Waals surface area contributed by atoms with E-state index in [4.69, 9.17) is 0 Å². The standard InChI is InChI=1S/C13H13BrN4/c1-8-10(6-17(3)16-8)12-7-18-9(2)11(14)4-5-13(18)15-12/h4-7H,1-3H3. The maximum absolute atomic E-state index is 4.65. The first-order valence-electron chi connectivity index (χ1n) is 5.71. The van der Waals surface area contributed by atoms with Crippen LogP contribution in [0.5, 0.6) is 0 Å². The fraction of sp³-hybridized carbons (Fsp3) is 0.231. The van der Waals surface area contributed by atoms with Gasteiger partial charge in [-0.2, -0.15) is 5.10 Å². The van der Waals surface area contributed by atoms with Gasteiger partial charge in [-0.1, -0.05) is 0 Å². The van der Waals surface area contributed by atoms with Crippen molar-refractivity contribution in [3.63, 3.8) is 0 Å². The molecule has 3 aromatic rings. The van der Waals surface area contributed by atoms with Gasteiger partial charge >= 0.3 is 0 Å². The van der Waals surface area contributed by atoms with Crippen molar-refractivity contribution in [2.75, 3.05) is 0 Å². The quantitative estimate of drug-likeness (QED) is 0.692. The van der Waals surface area contributed by atoms with Gasteiger partial charge in [0, 0.05) is 35.2 Å². The molecule has 5 heteroatoms. The van der Waals surface area contributed by atoms with Crippen molar-refractivity contribution in [1.29, 1.82) is 0 Å². The topological polar surface area (TPSA) is 35.1 Å². The molecule has 0 N–H and O–H groups in total. The van der Waals surface area contributed by atoms with Crippen LogP contribution in [-0.4, -0.2) is 19.2 Å². The molecular formula is C13H13BrN4. The van der Waals surface area contributed by atoms with Crippen LogP contribution in [0.15, 0.2) is 29.0 Å². The average molecular weight is 305 g/mol. The largest absolute Gasteiger partial charge is 0.303 e. The third-order valence-electron chi connectivity index (χ3n) is 3.11. The fourth-order valence-corrected chi connectivity index (χ4v) is 2.47. The van der Waals surface area contributed by atoms with Crippen molar-refractivity contribution in [2.24, 2.45) is 7.05 Å². The molecule has 0 unspecified atom stereocenters. The van der Waals surface area contributed by atoms with E-state index in [0.29, 0.717) is 0 Å². The van der Waals surface area contributed by atoms with Crippen molar-refractivity contribution in [2.45, 2.75) is 13.8 Å². The maximum Gasteiger partial charge on any atom is 0.137 e. The van der Waals surface area contributed by atoms with E-state index >= 15 is 0 Å². The van der Waals surface area contributed by atoms with Crippen LogP contribution in [0.1, 0.15) is 11.4 Å². The Balaban J connectivity index is 2.26. The highest BCUT2D eigenvalue weighted by molar-refractivity contribution is 9.10. The molecule has 0 fully saturated rings. The fourth-order valence-electron chi connectivity index (χ4n) is 2.14. The van der Waals surface area contributed by atoms with Gasteiger partial charge in [-0.3, -0.25) is 4.68 Å². The second kappa shape index (κ2) is 3.95. The lowest BCUT2D eigenvalue weighted by Crippen LogP contribution is -1.89. The number of pyridine rings is 1. The third-order valence-corrected chi connectivity index (χ3v) is 3.95. The zero-order chi connectivity index (χ0) is 12.9. The molecule has 0 aliphatic heterocycles. The molecule has 92 valence electrons. The van der Waals surface area contributed by atoms with Crippen LogP contribution in [0.4, 0.5) is 0 Å². The molecule has 3 aromatic heterocycles. The number of fused-ring (bicyclic) bond motifs is 1. The minimum absolute atomic E-state index is 0.953. The number of nitrogens with zero attached hydrogens (tertiary/aromatic N) is 4. The van der Waals surface area contributed by atoms with E-state index in [9.17, 15) is 0 Å². The Hall–Kier alpha value is -1.62. The molecule has 0 spiro atoms. The number of imidazole rings is 1. The summed E-state index contributed by atoms with van der Waals surface area (Å²) in [6.45, 7) is 4.07. The van der Waals surface area contributed by atoms with Gasteiger partial charge in [0.1, 0.15) is 5.65 Å². The van der Waals surface area contributed by atoms with E-state index in [1.54, 1.807) is 0 Å². The molecule has 0 atom stereocenters. The Bertz CT molecular complexity index is 739. The number of hydrogen-bond donors (Lipinski definition) is 0. The molecule has 0 aliphatic rings. The van der Waals surface area contributed by atoms with E-state index in [-0.39, 0.29) is 0 Å². The Morgan fingerprint density at radius 3 is 2.61 bits per heavy atom. The predicted octanol–water partition coefficient (Wildman–Crippen LogP) is 3.11. The maximum atomic E-state index is 4.65. The summed E-state index contributed by atoms with van der Waals surface area (Å²) < 4.78 is 4.99. The van der Waals surface area contributed by atoms with Crippen molar-refractivity contribution in [3.05, 3.63) is 40.4 Å². The number of aromatic nitrogens is 4. The van der Waals surface area contributed by atoms with E-state index in [2.05, 4.69) is 43.5 Å². The smallest absolute Gasteiger partial charge is 0.137 e. The van der Waals surface area contributed by atoms with Crippen LogP contribution in [-0.2, 0) is 7.05 Å². The normalized spacial score (nSPS) is 11.3. The van der Waals surface area contributed by atoms with Crippen LogP contribution in [0.25, 0.3) is 16.9 Å². The first kappa shape index (κ1) is 11.5. The molecule has 0 aliphatic carbocycles. The molecule has 0 bridgehead atoms. The average Bonchev–Trinajstić information content (AvgIpc) is 2.87. The molecule has 3 rings (SSSR count). The minimum Gasteiger partial charge on any atom is -0.303 e. The molecular weight excluding hydrogens is 292 g/mol. The van der Waals surface area contributed by atoms with Crippen molar-refractivity contribution in [3.8, 4) is 11.3 Å². The Labute approximate surface area is 113 Å². The Kier molecular flexibility index (Phi) is 2.52. The first-order chi connectivity index (χ1) is 8.56. The van der Waals surface area contributed by atoms with Crippen LogP contribution >= 0.6 is 15.9 Å². The Morgan fingerprint density at radius 1 is 1.17 bits per heavy atom. The monoisotopic (exact) mass is 304 g/mol. The third kappa shape index (κ3) is 1.66. The molecule has 0 amide bonds. The van der Waals surface area contributed by atoms with E-state index in [1.165, 1.54) is 0 Å². The van der Waals surface area contributed by atoms with Crippen LogP contribution in [0.3, 0.4) is 0 Å². The summed E-state index contributed by atoms with van der Waals surface area (Å²) >= 11 is 3.54. The second-order valence-corrected chi connectivity index (χ2v) is 5.28. The molecule has 0 saturated heterocycles. The SMILES string of the molecule is Cc1nn(C)cc1-c1cn2c(C)c(Br)ccc2n1. The summed E-state index contributed by atoms with van der Waals surface area (Å²) in [5.41, 5.74) is 5.14. The van der Waals surface area contributed by atoms with Gasteiger partial charge in [-0.15, -0.1) is 0 Å². The second-order valence-electron chi connectivity index (χ2n) is 4.42. The van der Waals surface area contributed by atoms with E-state index in [1.807, 2.05) is 37.0 Å². The molecule has 3 heterocycles. The lowest BCUT2D eigenvalue weighted by atomic mass is 10.2. The highest BCUT2D eigenvalue weighted by atomic mass is 79.9. The van der Waals surface area contributed by atoms with Crippen molar-refractivity contribution >= 4 is 21.6 Å². The summed E-state index contributed by atoms with van der Waals surface area (Å²) in [6, 6.07) is 4.03. The number of halogens is 1. The number of aryl methyl sites for hydroxylation is 3. The van der Waals surface area contributed by atoms with Crippen LogP contribution in [0.2, 0.25) is 0 Å². The highest BCUT2D eigenvalue weighted by Crippen LogP contribution is 2.24. The predicted molar refractivity (Wildman–Crippen MR) is 74.6 cm³/mol. The van der Waals surface area contributed by atoms with E-state index < -0.39 is 0 Å². The lowest BCUT2D eigenvalue weighted by molar-refractivity contribution is 0.756. The number of rotatable bonds is 1. The lowest BCUT2D eigenvalue weighted by Gasteiger charge is -2.00. The zero-order valence-electron chi connectivity index (χ0n) is 10.5. The Morgan fingerprint density at radius 2 is 1.94 bits per heavy atom. The van der Waals surface area contributed by atoms with Gasteiger partial charge in [0.25, 0.3) is 0 Å².